The third kappa shape index (κ3) is 2.29. The van der Waals surface area contributed by atoms with Gasteiger partial charge in [-0.05, 0) is 20.3 Å². The SMILES string of the molecule is CCc1c(O)nc(N(CC)CC)[nH]c1=O. The van der Waals surface area contributed by atoms with E-state index in [0.717, 1.165) is 13.1 Å². The van der Waals surface area contributed by atoms with Crippen molar-refractivity contribution < 1.29 is 5.11 Å². The van der Waals surface area contributed by atoms with E-state index in [-0.39, 0.29) is 11.4 Å². The molecule has 0 spiro atoms. The van der Waals surface area contributed by atoms with Crippen LogP contribution in [0.15, 0.2) is 4.79 Å². The fraction of sp³-hybridized carbons (Fsp3) is 0.600. The summed E-state index contributed by atoms with van der Waals surface area (Å²) in [5, 5.41) is 9.55. The van der Waals surface area contributed by atoms with Crippen molar-refractivity contribution in [3.8, 4) is 5.88 Å². The van der Waals surface area contributed by atoms with Gasteiger partial charge >= 0.3 is 0 Å². The highest BCUT2D eigenvalue weighted by Gasteiger charge is 2.11. The van der Waals surface area contributed by atoms with E-state index in [9.17, 15) is 9.90 Å². The van der Waals surface area contributed by atoms with Crippen LogP contribution < -0.4 is 10.5 Å². The van der Waals surface area contributed by atoms with E-state index < -0.39 is 0 Å². The van der Waals surface area contributed by atoms with Crippen molar-refractivity contribution in [2.24, 2.45) is 0 Å². The lowest BCUT2D eigenvalue weighted by Crippen LogP contribution is -2.27. The number of hydrogen-bond acceptors (Lipinski definition) is 4. The molecule has 0 unspecified atom stereocenters. The first-order valence-corrected chi connectivity index (χ1v) is 5.21. The number of aromatic amines is 1. The molecule has 0 aliphatic carbocycles. The van der Waals surface area contributed by atoms with E-state index in [1.807, 2.05) is 25.7 Å². The van der Waals surface area contributed by atoms with Crippen LogP contribution in [-0.4, -0.2) is 28.2 Å². The third-order valence-electron chi connectivity index (χ3n) is 2.40. The maximum atomic E-state index is 11.5. The summed E-state index contributed by atoms with van der Waals surface area (Å²) in [6.07, 6.45) is 0.479. The molecule has 5 nitrogen and oxygen atoms in total. The second kappa shape index (κ2) is 4.82. The highest BCUT2D eigenvalue weighted by Crippen LogP contribution is 2.13. The topological polar surface area (TPSA) is 69.2 Å². The molecule has 0 atom stereocenters. The zero-order chi connectivity index (χ0) is 11.4. The van der Waals surface area contributed by atoms with Gasteiger partial charge in [0.2, 0.25) is 11.8 Å². The van der Waals surface area contributed by atoms with Crippen LogP contribution in [-0.2, 0) is 6.42 Å². The van der Waals surface area contributed by atoms with Gasteiger partial charge in [-0.3, -0.25) is 9.78 Å². The van der Waals surface area contributed by atoms with Crippen molar-refractivity contribution in [3.05, 3.63) is 15.9 Å². The fourth-order valence-corrected chi connectivity index (χ4v) is 1.47. The lowest BCUT2D eigenvalue weighted by atomic mass is 10.2. The Morgan fingerprint density at radius 1 is 1.33 bits per heavy atom. The first-order valence-electron chi connectivity index (χ1n) is 5.21. The Morgan fingerprint density at radius 3 is 2.33 bits per heavy atom. The summed E-state index contributed by atoms with van der Waals surface area (Å²) in [5.41, 5.74) is 0.0813. The Labute approximate surface area is 88.8 Å². The van der Waals surface area contributed by atoms with Crippen LogP contribution in [0.5, 0.6) is 5.88 Å². The van der Waals surface area contributed by atoms with Gasteiger partial charge in [0.25, 0.3) is 5.56 Å². The maximum Gasteiger partial charge on any atom is 0.259 e. The highest BCUT2D eigenvalue weighted by atomic mass is 16.3. The van der Waals surface area contributed by atoms with Crippen molar-refractivity contribution in [2.45, 2.75) is 27.2 Å². The molecular weight excluding hydrogens is 194 g/mol. The molecule has 2 N–H and O–H groups in total. The van der Waals surface area contributed by atoms with Crippen LogP contribution in [0.2, 0.25) is 0 Å². The van der Waals surface area contributed by atoms with Gasteiger partial charge in [-0.1, -0.05) is 6.92 Å². The van der Waals surface area contributed by atoms with Crippen molar-refractivity contribution in [2.75, 3.05) is 18.0 Å². The first-order chi connectivity index (χ1) is 7.13. The average Bonchev–Trinajstić information content (AvgIpc) is 2.19. The number of rotatable bonds is 4. The summed E-state index contributed by atoms with van der Waals surface area (Å²) in [6.45, 7) is 7.22. The molecule has 0 amide bonds. The number of hydrogen-bond donors (Lipinski definition) is 2. The zero-order valence-corrected chi connectivity index (χ0v) is 9.37. The van der Waals surface area contributed by atoms with Crippen LogP contribution in [0.25, 0.3) is 0 Å². The van der Waals surface area contributed by atoms with Crippen molar-refractivity contribution in [1.82, 2.24) is 9.97 Å². The fourth-order valence-electron chi connectivity index (χ4n) is 1.47. The Balaban J connectivity index is 3.19. The highest BCUT2D eigenvalue weighted by molar-refractivity contribution is 5.35. The molecular formula is C10H17N3O2. The second-order valence-electron chi connectivity index (χ2n) is 3.22. The van der Waals surface area contributed by atoms with Gasteiger partial charge in [-0.15, -0.1) is 0 Å². The molecule has 0 aromatic carbocycles. The molecule has 0 radical (unpaired) electrons. The molecule has 0 bridgehead atoms. The molecule has 1 rings (SSSR count). The van der Waals surface area contributed by atoms with E-state index in [1.165, 1.54) is 0 Å². The van der Waals surface area contributed by atoms with Gasteiger partial charge in [0.15, 0.2) is 0 Å². The lowest BCUT2D eigenvalue weighted by molar-refractivity contribution is 0.443. The van der Waals surface area contributed by atoms with E-state index in [1.54, 1.807) is 0 Å². The first kappa shape index (κ1) is 11.6. The molecule has 84 valence electrons. The maximum absolute atomic E-state index is 11.5. The van der Waals surface area contributed by atoms with E-state index in [4.69, 9.17) is 0 Å². The average molecular weight is 211 g/mol. The third-order valence-corrected chi connectivity index (χ3v) is 2.40. The van der Waals surface area contributed by atoms with Gasteiger partial charge in [0, 0.05) is 13.1 Å². The second-order valence-corrected chi connectivity index (χ2v) is 3.22. The van der Waals surface area contributed by atoms with Crippen LogP contribution >= 0.6 is 0 Å². The number of aromatic nitrogens is 2. The minimum Gasteiger partial charge on any atom is -0.493 e. The molecule has 0 aliphatic heterocycles. The Bertz CT molecular complexity index is 383. The lowest BCUT2D eigenvalue weighted by Gasteiger charge is -2.19. The molecule has 1 aromatic heterocycles. The quantitative estimate of drug-likeness (QED) is 0.775. The van der Waals surface area contributed by atoms with Gasteiger partial charge in [0.1, 0.15) is 0 Å². The molecule has 1 aromatic rings. The Kier molecular flexibility index (Phi) is 3.71. The van der Waals surface area contributed by atoms with Crippen LogP contribution in [0.1, 0.15) is 26.3 Å². The summed E-state index contributed by atoms with van der Waals surface area (Å²) in [4.78, 5) is 20.1. The monoisotopic (exact) mass is 211 g/mol. The number of aromatic hydroxyl groups is 1. The Hall–Kier alpha value is -1.52. The van der Waals surface area contributed by atoms with Gasteiger partial charge in [0.05, 0.1) is 5.56 Å². The Morgan fingerprint density at radius 2 is 1.93 bits per heavy atom. The minimum atomic E-state index is -0.257. The summed E-state index contributed by atoms with van der Waals surface area (Å²) < 4.78 is 0. The van der Waals surface area contributed by atoms with E-state index in [2.05, 4.69) is 9.97 Å². The molecule has 5 heteroatoms. The standard InChI is InChI=1S/C10H17N3O2/c1-4-7-8(14)11-10(12-9(7)15)13(5-2)6-3/h4-6H2,1-3H3,(H2,11,12,14,15). The molecule has 15 heavy (non-hydrogen) atoms. The zero-order valence-electron chi connectivity index (χ0n) is 9.37. The van der Waals surface area contributed by atoms with Crippen LogP contribution in [0.3, 0.4) is 0 Å². The van der Waals surface area contributed by atoms with E-state index in [0.29, 0.717) is 17.9 Å². The molecule has 0 saturated carbocycles. The summed E-state index contributed by atoms with van der Waals surface area (Å²) >= 11 is 0. The predicted molar refractivity (Wildman–Crippen MR) is 59.5 cm³/mol. The molecule has 0 saturated heterocycles. The molecule has 0 fully saturated rings. The summed E-state index contributed by atoms with van der Waals surface area (Å²) in [6, 6.07) is 0. The smallest absolute Gasteiger partial charge is 0.259 e. The number of nitrogens with one attached hydrogen (secondary N) is 1. The predicted octanol–water partition coefficient (Wildman–Crippen LogP) is 0.884. The molecule has 0 aliphatic rings. The molecule has 1 heterocycles. The summed E-state index contributed by atoms with van der Waals surface area (Å²) in [5.74, 6) is 0.267. The van der Waals surface area contributed by atoms with Gasteiger partial charge in [-0.2, -0.15) is 4.98 Å². The minimum absolute atomic E-state index is 0.164. The van der Waals surface area contributed by atoms with Gasteiger partial charge < -0.3 is 10.0 Å². The van der Waals surface area contributed by atoms with Gasteiger partial charge in [-0.25, -0.2) is 0 Å². The number of H-pyrrole nitrogens is 1. The number of anilines is 1. The normalized spacial score (nSPS) is 10.3. The summed E-state index contributed by atoms with van der Waals surface area (Å²) in [7, 11) is 0. The largest absolute Gasteiger partial charge is 0.493 e. The van der Waals surface area contributed by atoms with Crippen LogP contribution in [0.4, 0.5) is 5.95 Å². The van der Waals surface area contributed by atoms with Crippen molar-refractivity contribution in [3.63, 3.8) is 0 Å². The van der Waals surface area contributed by atoms with Crippen LogP contribution in [0, 0.1) is 0 Å². The van der Waals surface area contributed by atoms with E-state index >= 15 is 0 Å². The number of nitrogens with zero attached hydrogens (tertiary/aromatic N) is 2. The van der Waals surface area contributed by atoms with Crippen molar-refractivity contribution >= 4 is 5.95 Å². The van der Waals surface area contributed by atoms with Crippen molar-refractivity contribution in [1.29, 1.82) is 0 Å².